The van der Waals surface area contributed by atoms with Crippen molar-refractivity contribution in [3.8, 4) is 0 Å². The topological polar surface area (TPSA) is 72.8 Å². The van der Waals surface area contributed by atoms with E-state index in [-0.39, 0.29) is 25.2 Å². The first-order valence-corrected chi connectivity index (χ1v) is 18.5. The highest BCUT2D eigenvalue weighted by Gasteiger charge is 2.16. The van der Waals surface area contributed by atoms with Gasteiger partial charge < -0.3 is 14.6 Å². The third-order valence-corrected chi connectivity index (χ3v) is 7.91. The van der Waals surface area contributed by atoms with Gasteiger partial charge >= 0.3 is 11.9 Å². The van der Waals surface area contributed by atoms with E-state index < -0.39 is 6.10 Å². The van der Waals surface area contributed by atoms with Gasteiger partial charge in [-0.25, -0.2) is 0 Å². The average molecular weight is 619 g/mol. The highest BCUT2D eigenvalue weighted by molar-refractivity contribution is 5.70. The molecule has 0 saturated heterocycles. The van der Waals surface area contributed by atoms with Gasteiger partial charge in [0.05, 0.1) is 6.61 Å². The van der Waals surface area contributed by atoms with Crippen LogP contribution in [-0.4, -0.2) is 36.4 Å². The number of aliphatic hydroxyl groups excluding tert-OH is 1. The quantitative estimate of drug-likeness (QED) is 0.0450. The van der Waals surface area contributed by atoms with E-state index in [0.717, 1.165) is 51.4 Å². The van der Waals surface area contributed by atoms with Crippen LogP contribution < -0.4 is 0 Å². The van der Waals surface area contributed by atoms with Gasteiger partial charge in [0.15, 0.2) is 6.10 Å². The van der Waals surface area contributed by atoms with Crippen molar-refractivity contribution in [2.24, 2.45) is 0 Å². The van der Waals surface area contributed by atoms with Crippen molar-refractivity contribution in [3.05, 3.63) is 36.5 Å². The van der Waals surface area contributed by atoms with E-state index >= 15 is 0 Å². The molecule has 44 heavy (non-hydrogen) atoms. The second-order valence-corrected chi connectivity index (χ2v) is 12.3. The van der Waals surface area contributed by atoms with Crippen LogP contribution in [0.25, 0.3) is 0 Å². The first-order chi connectivity index (χ1) is 21.6. The smallest absolute Gasteiger partial charge is 0.306 e. The molecule has 0 unspecified atom stereocenters. The molecular weight excluding hydrogens is 548 g/mol. The number of unbranched alkanes of at least 4 members (excludes halogenated alkanes) is 19. The molecule has 0 aromatic carbocycles. The molecule has 0 spiro atoms. The summed E-state index contributed by atoms with van der Waals surface area (Å²) < 4.78 is 10.6. The zero-order valence-corrected chi connectivity index (χ0v) is 28.9. The van der Waals surface area contributed by atoms with Gasteiger partial charge in [-0.2, -0.15) is 0 Å². The molecule has 0 aliphatic heterocycles. The molecule has 1 atom stereocenters. The molecule has 0 aliphatic rings. The van der Waals surface area contributed by atoms with Gasteiger partial charge in [-0.1, -0.05) is 140 Å². The third kappa shape index (κ3) is 33.0. The Hall–Kier alpha value is -1.88. The summed E-state index contributed by atoms with van der Waals surface area (Å²) in [6.07, 6.45) is 42.0. The summed E-state index contributed by atoms with van der Waals surface area (Å²) in [4.78, 5) is 24.1. The maximum Gasteiger partial charge on any atom is 0.306 e. The predicted octanol–water partition coefficient (Wildman–Crippen LogP) is 11.3. The Kier molecular flexibility index (Phi) is 34.1. The average Bonchev–Trinajstić information content (AvgIpc) is 3.02. The van der Waals surface area contributed by atoms with Crippen LogP contribution >= 0.6 is 0 Å². The molecule has 0 aliphatic carbocycles. The lowest BCUT2D eigenvalue weighted by Crippen LogP contribution is -2.28. The van der Waals surface area contributed by atoms with Crippen molar-refractivity contribution in [2.45, 2.75) is 187 Å². The van der Waals surface area contributed by atoms with Gasteiger partial charge in [-0.3, -0.25) is 9.59 Å². The summed E-state index contributed by atoms with van der Waals surface area (Å²) >= 11 is 0. The molecule has 256 valence electrons. The molecule has 0 bridgehead atoms. The molecule has 0 fully saturated rings. The number of carbonyl (C=O) groups excluding carboxylic acids is 2. The number of carbonyl (C=O) groups is 2. The van der Waals surface area contributed by atoms with Crippen LogP contribution in [0.2, 0.25) is 0 Å². The van der Waals surface area contributed by atoms with Crippen molar-refractivity contribution >= 4 is 11.9 Å². The Morgan fingerprint density at radius 1 is 0.523 bits per heavy atom. The number of rotatable bonds is 33. The molecule has 0 amide bonds. The minimum Gasteiger partial charge on any atom is -0.462 e. The molecule has 0 heterocycles. The number of hydrogen-bond acceptors (Lipinski definition) is 5. The molecule has 5 heteroatoms. The van der Waals surface area contributed by atoms with Crippen LogP contribution in [-0.2, 0) is 19.1 Å². The van der Waals surface area contributed by atoms with Crippen molar-refractivity contribution in [1.82, 2.24) is 0 Å². The summed E-state index contributed by atoms with van der Waals surface area (Å²) in [7, 11) is 0. The van der Waals surface area contributed by atoms with Gasteiger partial charge in [0.25, 0.3) is 0 Å². The summed E-state index contributed by atoms with van der Waals surface area (Å²) in [6.45, 7) is 4.05. The fourth-order valence-corrected chi connectivity index (χ4v) is 5.03. The van der Waals surface area contributed by atoms with Crippen molar-refractivity contribution < 1.29 is 24.2 Å². The lowest BCUT2D eigenvalue weighted by Gasteiger charge is -2.15. The van der Waals surface area contributed by atoms with E-state index in [4.69, 9.17) is 9.47 Å². The molecular formula is C39H70O5. The summed E-state index contributed by atoms with van der Waals surface area (Å²) in [6, 6.07) is 0. The minimum absolute atomic E-state index is 0.0712. The van der Waals surface area contributed by atoms with Crippen LogP contribution in [0.1, 0.15) is 181 Å². The van der Waals surface area contributed by atoms with Crippen LogP contribution in [0, 0.1) is 0 Å². The highest BCUT2D eigenvalue weighted by Crippen LogP contribution is 2.13. The molecule has 0 aromatic heterocycles. The maximum absolute atomic E-state index is 12.1. The first kappa shape index (κ1) is 42.1. The van der Waals surface area contributed by atoms with Gasteiger partial charge in [0.2, 0.25) is 0 Å². The molecule has 0 rings (SSSR count). The Bertz CT molecular complexity index is 711. The number of aliphatic hydroxyl groups is 1. The second kappa shape index (κ2) is 35.6. The van der Waals surface area contributed by atoms with Gasteiger partial charge in [-0.15, -0.1) is 0 Å². The van der Waals surface area contributed by atoms with Crippen LogP contribution in [0.3, 0.4) is 0 Å². The number of allylic oxidation sites excluding steroid dienone is 6. The van der Waals surface area contributed by atoms with Crippen LogP contribution in [0.15, 0.2) is 36.5 Å². The van der Waals surface area contributed by atoms with Gasteiger partial charge in [0.1, 0.15) is 6.61 Å². The highest BCUT2D eigenvalue weighted by atomic mass is 16.6. The predicted molar refractivity (Wildman–Crippen MR) is 187 cm³/mol. The maximum atomic E-state index is 12.1. The number of ether oxygens (including phenoxy) is 2. The zero-order valence-electron chi connectivity index (χ0n) is 28.9. The molecule has 5 nitrogen and oxygen atoms in total. The van der Waals surface area contributed by atoms with Crippen LogP contribution in [0.5, 0.6) is 0 Å². The third-order valence-electron chi connectivity index (χ3n) is 7.91. The lowest BCUT2D eigenvalue weighted by atomic mass is 10.1. The van der Waals surface area contributed by atoms with E-state index in [1.54, 1.807) is 0 Å². The normalized spacial score (nSPS) is 12.5. The molecule has 0 aromatic rings. The Labute approximate surface area is 272 Å². The fraction of sp³-hybridized carbons (Fsp3) is 0.795. The SMILES string of the molecule is CCCC/C=C/CCCCCCCC(=O)OC[C@H](CO)OC(=O)CCCCCCCCCCC/C=C/C/C=C/CCCCC. The molecule has 0 radical (unpaired) electrons. The Morgan fingerprint density at radius 2 is 0.932 bits per heavy atom. The van der Waals surface area contributed by atoms with Crippen molar-refractivity contribution in [1.29, 1.82) is 0 Å². The Morgan fingerprint density at radius 3 is 1.43 bits per heavy atom. The van der Waals surface area contributed by atoms with E-state index in [9.17, 15) is 14.7 Å². The van der Waals surface area contributed by atoms with Gasteiger partial charge in [-0.05, 0) is 64.2 Å². The fourth-order valence-electron chi connectivity index (χ4n) is 5.03. The summed E-state index contributed by atoms with van der Waals surface area (Å²) in [5, 5.41) is 9.52. The lowest BCUT2D eigenvalue weighted by molar-refractivity contribution is -0.161. The van der Waals surface area contributed by atoms with Crippen molar-refractivity contribution in [2.75, 3.05) is 13.2 Å². The number of esters is 2. The van der Waals surface area contributed by atoms with Gasteiger partial charge in [0, 0.05) is 12.8 Å². The van der Waals surface area contributed by atoms with E-state index in [1.165, 1.54) is 103 Å². The number of hydrogen-bond donors (Lipinski definition) is 1. The molecule has 1 N–H and O–H groups in total. The first-order valence-electron chi connectivity index (χ1n) is 18.5. The van der Waals surface area contributed by atoms with E-state index in [2.05, 4.69) is 50.3 Å². The van der Waals surface area contributed by atoms with Crippen molar-refractivity contribution in [3.63, 3.8) is 0 Å². The monoisotopic (exact) mass is 619 g/mol. The standard InChI is InChI=1S/C39H70O5/c1-3-5-7-9-11-13-15-16-17-18-19-20-21-22-24-26-28-30-32-34-39(42)44-37(35-40)36-43-38(41)33-31-29-27-25-23-14-12-10-8-6-4-2/h10-13,16-17,37,40H,3-9,14-15,18-36H2,1-2H3/b12-10+,13-11+,17-16+/t37-/m0/s1. The summed E-state index contributed by atoms with van der Waals surface area (Å²) in [5.41, 5.74) is 0. The largest absolute Gasteiger partial charge is 0.462 e. The zero-order chi connectivity index (χ0) is 32.2. The Balaban J connectivity index is 3.56. The van der Waals surface area contributed by atoms with E-state index in [1.807, 2.05) is 0 Å². The van der Waals surface area contributed by atoms with E-state index in [0.29, 0.717) is 12.8 Å². The minimum atomic E-state index is -0.774. The molecule has 0 saturated carbocycles. The summed E-state index contributed by atoms with van der Waals surface area (Å²) in [5.74, 6) is -0.607. The van der Waals surface area contributed by atoms with Crippen LogP contribution in [0.4, 0.5) is 0 Å². The second-order valence-electron chi connectivity index (χ2n) is 12.3.